The zero-order valence-corrected chi connectivity index (χ0v) is 6.87. The Balaban J connectivity index is 2.84. The summed E-state index contributed by atoms with van der Waals surface area (Å²) in [6.07, 6.45) is -1.10. The van der Waals surface area contributed by atoms with Gasteiger partial charge in [0.1, 0.15) is 0 Å². The molecule has 0 unspecified atom stereocenters. The number of allylic oxidation sites excluding steroid dienone is 1. The lowest BCUT2D eigenvalue weighted by Crippen LogP contribution is -2.02. The largest absolute Gasteiger partial charge is 0.443 e. The van der Waals surface area contributed by atoms with E-state index in [1.807, 2.05) is 0 Å². The average molecular weight is 193 g/mol. The van der Waals surface area contributed by atoms with Crippen LogP contribution in [0.15, 0.2) is 18.9 Å². The molecule has 0 bridgehead atoms. The topological polar surface area (TPSA) is 12.9 Å². The predicted octanol–water partition coefficient (Wildman–Crippen LogP) is 2.89. The number of rotatable bonds is 2. The summed E-state index contributed by atoms with van der Waals surface area (Å²) < 4.78 is 35.9. The van der Waals surface area contributed by atoms with Crippen LogP contribution in [-0.2, 0) is 12.6 Å². The zero-order valence-electron chi connectivity index (χ0n) is 6.06. The Bertz CT molecular complexity index is 276. The van der Waals surface area contributed by atoms with Crippen molar-refractivity contribution < 1.29 is 13.2 Å². The lowest BCUT2D eigenvalue weighted by atomic mass is 10.4. The van der Waals surface area contributed by atoms with Gasteiger partial charge >= 0.3 is 6.18 Å². The van der Waals surface area contributed by atoms with E-state index in [0.717, 1.165) is 0 Å². The molecule has 0 spiro atoms. The summed E-state index contributed by atoms with van der Waals surface area (Å²) in [5.41, 5.74) is 0. The van der Waals surface area contributed by atoms with E-state index in [9.17, 15) is 13.2 Å². The Labute approximate surface area is 71.6 Å². The first-order valence-corrected chi connectivity index (χ1v) is 3.98. The van der Waals surface area contributed by atoms with Gasteiger partial charge < -0.3 is 0 Å². The normalized spacial score (nSPS) is 11.6. The molecular formula is C7H6F3NS. The number of thiazole rings is 1. The number of hydrogen-bond acceptors (Lipinski definition) is 2. The third kappa shape index (κ3) is 2.07. The van der Waals surface area contributed by atoms with Gasteiger partial charge in [0.15, 0.2) is 5.01 Å². The van der Waals surface area contributed by atoms with E-state index in [4.69, 9.17) is 0 Å². The maximum absolute atomic E-state index is 12.0. The molecule has 1 nitrogen and oxygen atoms in total. The summed E-state index contributed by atoms with van der Waals surface area (Å²) >= 11 is 0.657. The first-order valence-electron chi connectivity index (χ1n) is 3.17. The van der Waals surface area contributed by atoms with Gasteiger partial charge in [-0.3, -0.25) is 0 Å². The highest BCUT2D eigenvalue weighted by Gasteiger charge is 2.34. The van der Waals surface area contributed by atoms with E-state index in [1.54, 1.807) is 6.08 Å². The second-order valence-electron chi connectivity index (χ2n) is 2.12. The maximum atomic E-state index is 12.0. The molecule has 5 heteroatoms. The smallest absolute Gasteiger partial charge is 0.240 e. The second kappa shape index (κ2) is 3.26. The van der Waals surface area contributed by atoms with Crippen LogP contribution in [0.3, 0.4) is 0 Å². The highest BCUT2D eigenvalue weighted by atomic mass is 32.1. The van der Waals surface area contributed by atoms with Crippen LogP contribution in [0, 0.1) is 0 Å². The zero-order chi connectivity index (χ0) is 9.19. The van der Waals surface area contributed by atoms with Crippen LogP contribution in [0.1, 0.15) is 9.88 Å². The minimum Gasteiger partial charge on any atom is -0.240 e. The van der Waals surface area contributed by atoms with E-state index in [-0.39, 0.29) is 0 Å². The molecule has 12 heavy (non-hydrogen) atoms. The summed E-state index contributed by atoms with van der Waals surface area (Å²) in [7, 11) is 0. The van der Waals surface area contributed by atoms with Gasteiger partial charge in [-0.15, -0.1) is 17.9 Å². The van der Waals surface area contributed by atoms with Crippen LogP contribution in [0.4, 0.5) is 13.2 Å². The van der Waals surface area contributed by atoms with Crippen molar-refractivity contribution >= 4 is 11.3 Å². The summed E-state index contributed by atoms with van der Waals surface area (Å²) in [5, 5.41) is -0.792. The molecule has 0 aliphatic rings. The van der Waals surface area contributed by atoms with Crippen molar-refractivity contribution in [2.75, 3.05) is 0 Å². The van der Waals surface area contributed by atoms with Gasteiger partial charge in [-0.1, -0.05) is 6.08 Å². The highest BCUT2D eigenvalue weighted by Crippen LogP contribution is 2.32. The third-order valence-corrected chi connectivity index (χ3v) is 2.21. The molecule has 0 aliphatic carbocycles. The fourth-order valence-electron chi connectivity index (χ4n) is 0.675. The van der Waals surface area contributed by atoms with Crippen LogP contribution in [0.5, 0.6) is 0 Å². The summed E-state index contributed by atoms with van der Waals surface area (Å²) in [6.45, 7) is 3.43. The molecule has 0 atom stereocenters. The van der Waals surface area contributed by atoms with Crippen LogP contribution in [-0.4, -0.2) is 4.98 Å². The molecule has 1 heterocycles. The van der Waals surface area contributed by atoms with Gasteiger partial charge in [-0.05, 0) is 0 Å². The SMILES string of the molecule is C=CCc1cnc(C(F)(F)F)s1. The van der Waals surface area contributed by atoms with Crippen LogP contribution in [0.25, 0.3) is 0 Å². The van der Waals surface area contributed by atoms with Crippen LogP contribution < -0.4 is 0 Å². The van der Waals surface area contributed by atoms with Gasteiger partial charge in [-0.2, -0.15) is 13.2 Å². The van der Waals surface area contributed by atoms with E-state index in [1.165, 1.54) is 6.20 Å². The van der Waals surface area contributed by atoms with Crippen molar-refractivity contribution in [3.63, 3.8) is 0 Å². The van der Waals surface area contributed by atoms with Gasteiger partial charge in [0.05, 0.1) is 0 Å². The quantitative estimate of drug-likeness (QED) is 0.658. The summed E-state index contributed by atoms with van der Waals surface area (Å²) in [4.78, 5) is 3.83. The Kier molecular flexibility index (Phi) is 2.52. The first-order chi connectivity index (χ1) is 5.54. The standard InChI is InChI=1S/C7H6F3NS/c1-2-3-5-4-11-6(12-5)7(8,9)10/h2,4H,1,3H2. The molecule has 0 saturated heterocycles. The van der Waals surface area contributed by atoms with Crippen molar-refractivity contribution in [3.05, 3.63) is 28.7 Å². The Morgan fingerprint density at radius 1 is 1.58 bits per heavy atom. The van der Waals surface area contributed by atoms with Crippen molar-refractivity contribution in [1.82, 2.24) is 4.98 Å². The predicted molar refractivity (Wildman–Crippen MR) is 41.0 cm³/mol. The first kappa shape index (κ1) is 9.25. The van der Waals surface area contributed by atoms with Crippen LogP contribution >= 0.6 is 11.3 Å². The van der Waals surface area contributed by atoms with Gasteiger partial charge in [0.2, 0.25) is 0 Å². The molecule has 1 rings (SSSR count). The van der Waals surface area contributed by atoms with Crippen molar-refractivity contribution in [2.24, 2.45) is 0 Å². The highest BCUT2D eigenvalue weighted by molar-refractivity contribution is 7.11. The van der Waals surface area contributed by atoms with Gasteiger partial charge in [0, 0.05) is 17.5 Å². The fourth-order valence-corrected chi connectivity index (χ4v) is 1.45. The molecule has 0 aromatic carbocycles. The summed E-state index contributed by atoms with van der Waals surface area (Å²) in [6, 6.07) is 0. The molecule has 1 aromatic rings. The Morgan fingerprint density at radius 2 is 2.25 bits per heavy atom. The maximum Gasteiger partial charge on any atom is 0.443 e. The minimum atomic E-state index is -4.32. The Hall–Kier alpha value is -0.840. The fraction of sp³-hybridized carbons (Fsp3) is 0.286. The monoisotopic (exact) mass is 193 g/mol. The van der Waals surface area contributed by atoms with E-state index >= 15 is 0 Å². The minimum absolute atomic E-state index is 0.438. The number of halogens is 3. The number of nitrogens with zero attached hydrogens (tertiary/aromatic N) is 1. The van der Waals surface area contributed by atoms with E-state index in [2.05, 4.69) is 11.6 Å². The molecule has 1 aromatic heterocycles. The Morgan fingerprint density at radius 3 is 2.67 bits per heavy atom. The number of aromatic nitrogens is 1. The lowest BCUT2D eigenvalue weighted by Gasteiger charge is -1.98. The molecular weight excluding hydrogens is 187 g/mol. The van der Waals surface area contributed by atoms with Crippen molar-refractivity contribution in [1.29, 1.82) is 0 Å². The van der Waals surface area contributed by atoms with E-state index in [0.29, 0.717) is 22.6 Å². The van der Waals surface area contributed by atoms with Crippen LogP contribution in [0.2, 0.25) is 0 Å². The van der Waals surface area contributed by atoms with Gasteiger partial charge in [-0.25, -0.2) is 4.98 Å². The number of alkyl halides is 3. The third-order valence-electron chi connectivity index (χ3n) is 1.14. The van der Waals surface area contributed by atoms with Crippen molar-refractivity contribution in [2.45, 2.75) is 12.6 Å². The molecule has 0 saturated carbocycles. The molecule has 66 valence electrons. The molecule has 0 fully saturated rings. The van der Waals surface area contributed by atoms with Gasteiger partial charge in [0.25, 0.3) is 0 Å². The average Bonchev–Trinajstić information content (AvgIpc) is 2.35. The summed E-state index contributed by atoms with van der Waals surface area (Å²) in [5.74, 6) is 0. The number of hydrogen-bond donors (Lipinski definition) is 0. The lowest BCUT2D eigenvalue weighted by molar-refractivity contribution is -0.137. The van der Waals surface area contributed by atoms with Crippen molar-refractivity contribution in [3.8, 4) is 0 Å². The molecule has 0 radical (unpaired) electrons. The molecule has 0 N–H and O–H groups in total. The van der Waals surface area contributed by atoms with E-state index < -0.39 is 11.2 Å². The second-order valence-corrected chi connectivity index (χ2v) is 3.24. The molecule has 0 amide bonds. The molecule has 0 aliphatic heterocycles.